The Kier molecular flexibility index (Phi) is 4.28. The molecule has 0 aliphatic rings. The minimum atomic E-state index is -3.96. The van der Waals surface area contributed by atoms with Crippen LogP contribution in [0, 0.1) is 0 Å². The molecule has 0 spiro atoms. The van der Waals surface area contributed by atoms with E-state index < -0.39 is 16.0 Å². The molecule has 2 rings (SSSR count). The van der Waals surface area contributed by atoms with Crippen molar-refractivity contribution in [2.75, 3.05) is 4.72 Å². The summed E-state index contributed by atoms with van der Waals surface area (Å²) in [5, 5.41) is 16.0. The number of carboxylic acids is 1. The van der Waals surface area contributed by atoms with E-state index in [9.17, 15) is 13.2 Å². The molecule has 0 aromatic carbocycles. The summed E-state index contributed by atoms with van der Waals surface area (Å²) in [6.07, 6.45) is 0. The molecule has 11 heteroatoms. The summed E-state index contributed by atoms with van der Waals surface area (Å²) in [5.41, 5.74) is 0. The summed E-state index contributed by atoms with van der Waals surface area (Å²) < 4.78 is 26.6. The molecule has 0 radical (unpaired) electrons. The maximum absolute atomic E-state index is 12.1. The van der Waals surface area contributed by atoms with Gasteiger partial charge in [0, 0.05) is 0 Å². The highest BCUT2D eigenvalue weighted by Gasteiger charge is 2.23. The van der Waals surface area contributed by atoms with Crippen LogP contribution >= 0.6 is 38.9 Å². The number of carbonyl (C=O) groups is 1. The lowest BCUT2D eigenvalue weighted by molar-refractivity contribution is 0.0702. The second-order valence-electron chi connectivity index (χ2n) is 3.40. The fraction of sp³-hybridized carbons (Fsp3) is 0. The number of hydrogen-bond acceptors (Lipinski definition) is 6. The molecule has 0 saturated heterocycles. The molecule has 0 aliphatic carbocycles. The van der Waals surface area contributed by atoms with Crippen molar-refractivity contribution in [3.63, 3.8) is 0 Å². The quantitative estimate of drug-likeness (QED) is 0.818. The average molecular weight is 399 g/mol. The molecule has 7 nitrogen and oxygen atoms in total. The third kappa shape index (κ3) is 3.26. The normalized spacial score (nSPS) is 11.3. The molecule has 0 aliphatic heterocycles. The number of carboxylic acid groups (broad SMARTS) is 1. The molecule has 0 atom stereocenters. The average Bonchev–Trinajstić information content (AvgIpc) is 2.75. The number of sulfonamides is 1. The lowest BCUT2D eigenvalue weighted by Gasteiger charge is -2.05. The van der Waals surface area contributed by atoms with Crippen molar-refractivity contribution >= 4 is 60.7 Å². The van der Waals surface area contributed by atoms with Gasteiger partial charge in [0.1, 0.15) is 9.77 Å². The summed E-state index contributed by atoms with van der Waals surface area (Å²) in [6.45, 7) is 0. The van der Waals surface area contributed by atoms with Crippen molar-refractivity contribution in [3.8, 4) is 0 Å². The van der Waals surface area contributed by atoms with Crippen molar-refractivity contribution in [2.45, 2.75) is 4.90 Å². The van der Waals surface area contributed by atoms with Crippen LogP contribution < -0.4 is 4.72 Å². The predicted molar refractivity (Wildman–Crippen MR) is 76.8 cm³/mol. The summed E-state index contributed by atoms with van der Waals surface area (Å²) >= 11 is 9.37. The molecule has 0 fully saturated rings. The lowest BCUT2D eigenvalue weighted by Crippen LogP contribution is -2.14. The number of aromatic carboxylic acids is 1. The van der Waals surface area contributed by atoms with Gasteiger partial charge in [0.15, 0.2) is 11.0 Å². The van der Waals surface area contributed by atoms with Crippen LogP contribution in [-0.2, 0) is 10.0 Å². The third-order valence-electron chi connectivity index (χ3n) is 2.03. The molecule has 0 saturated carbocycles. The van der Waals surface area contributed by atoms with E-state index in [4.69, 9.17) is 16.7 Å². The first-order valence-corrected chi connectivity index (χ1v) is 8.31. The Hall–Kier alpha value is -1.23. The molecular weight excluding hydrogens is 394 g/mol. The monoisotopic (exact) mass is 397 g/mol. The lowest BCUT2D eigenvalue weighted by atomic mass is 10.5. The van der Waals surface area contributed by atoms with Gasteiger partial charge in [0.2, 0.25) is 0 Å². The maximum atomic E-state index is 12.1. The highest BCUT2D eigenvalue weighted by atomic mass is 79.9. The van der Waals surface area contributed by atoms with Gasteiger partial charge in [-0.2, -0.15) is 0 Å². The van der Waals surface area contributed by atoms with Crippen molar-refractivity contribution in [1.29, 1.82) is 0 Å². The molecule has 0 unspecified atom stereocenters. The number of thiophene rings is 1. The Balaban J connectivity index is 2.35. The van der Waals surface area contributed by atoms with Gasteiger partial charge in [-0.3, -0.25) is 4.72 Å². The van der Waals surface area contributed by atoms with E-state index >= 15 is 0 Å². The standard InChI is InChI=1S/C9H5BrClN3O4S2/c10-8-5(3-4(19-8)9(15)16)20(17,18)14-7-2-1-6(11)12-13-7/h1-3H,(H,13,14)(H,15,16). The smallest absolute Gasteiger partial charge is 0.345 e. The molecule has 0 bridgehead atoms. The first kappa shape index (κ1) is 15.2. The Morgan fingerprint density at radius 2 is 2.10 bits per heavy atom. The molecular formula is C9H5BrClN3O4S2. The van der Waals surface area contributed by atoms with Gasteiger partial charge in [-0.05, 0) is 34.1 Å². The van der Waals surface area contributed by atoms with Gasteiger partial charge < -0.3 is 5.11 Å². The van der Waals surface area contributed by atoms with E-state index in [1.54, 1.807) is 0 Å². The van der Waals surface area contributed by atoms with Gasteiger partial charge in [0.25, 0.3) is 10.0 Å². The molecule has 20 heavy (non-hydrogen) atoms. The van der Waals surface area contributed by atoms with Crippen molar-refractivity contribution < 1.29 is 18.3 Å². The van der Waals surface area contributed by atoms with Gasteiger partial charge in [-0.25, -0.2) is 13.2 Å². The number of anilines is 1. The van der Waals surface area contributed by atoms with Gasteiger partial charge in [-0.15, -0.1) is 21.5 Å². The predicted octanol–water partition coefficient (Wildman–Crippen LogP) is 2.45. The zero-order valence-corrected chi connectivity index (χ0v) is 13.3. The largest absolute Gasteiger partial charge is 0.477 e. The molecule has 0 amide bonds. The van der Waals surface area contributed by atoms with E-state index in [0.717, 1.165) is 17.4 Å². The fourth-order valence-corrected chi connectivity index (χ4v) is 4.71. The van der Waals surface area contributed by atoms with Crippen LogP contribution in [0.15, 0.2) is 26.9 Å². The second-order valence-corrected chi connectivity index (χ2v) is 7.81. The number of hydrogen-bond donors (Lipinski definition) is 2. The zero-order chi connectivity index (χ0) is 14.9. The first-order valence-electron chi connectivity index (χ1n) is 4.84. The maximum Gasteiger partial charge on any atom is 0.345 e. The number of nitrogens with zero attached hydrogens (tertiary/aromatic N) is 2. The van der Waals surface area contributed by atoms with Gasteiger partial charge in [0.05, 0.1) is 3.79 Å². The topological polar surface area (TPSA) is 109 Å². The number of nitrogens with one attached hydrogen (secondary N) is 1. The number of halogens is 2. The van der Waals surface area contributed by atoms with E-state index in [1.165, 1.54) is 12.1 Å². The van der Waals surface area contributed by atoms with Gasteiger partial charge in [-0.1, -0.05) is 11.6 Å². The Labute approximate surface area is 130 Å². The van der Waals surface area contributed by atoms with Crippen LogP contribution in [-0.4, -0.2) is 29.7 Å². The van der Waals surface area contributed by atoms with Crippen LogP contribution in [0.1, 0.15) is 9.67 Å². The molecule has 2 N–H and O–H groups in total. The minimum absolute atomic E-state index is 0.0237. The van der Waals surface area contributed by atoms with E-state index in [2.05, 4.69) is 30.8 Å². The van der Waals surface area contributed by atoms with Gasteiger partial charge >= 0.3 is 5.97 Å². The highest BCUT2D eigenvalue weighted by Crippen LogP contribution is 2.32. The Morgan fingerprint density at radius 1 is 1.40 bits per heavy atom. The van der Waals surface area contributed by atoms with Crippen molar-refractivity contribution in [2.24, 2.45) is 0 Å². The van der Waals surface area contributed by atoms with Crippen LogP contribution in [0.5, 0.6) is 0 Å². The summed E-state index contributed by atoms with van der Waals surface area (Å²) in [7, 11) is -3.96. The SMILES string of the molecule is O=C(O)c1cc(S(=O)(=O)Nc2ccc(Cl)nn2)c(Br)s1. The molecule has 2 aromatic rings. The van der Waals surface area contributed by atoms with E-state index in [0.29, 0.717) is 0 Å². The van der Waals surface area contributed by atoms with Crippen LogP contribution in [0.25, 0.3) is 0 Å². The first-order chi connectivity index (χ1) is 9.29. The molecule has 2 heterocycles. The fourth-order valence-electron chi connectivity index (χ4n) is 1.20. The van der Waals surface area contributed by atoms with E-state index in [-0.39, 0.29) is 24.5 Å². The van der Waals surface area contributed by atoms with Crippen LogP contribution in [0.4, 0.5) is 5.82 Å². The van der Waals surface area contributed by atoms with Crippen LogP contribution in [0.3, 0.4) is 0 Å². The minimum Gasteiger partial charge on any atom is -0.477 e. The Bertz CT molecular complexity index is 760. The van der Waals surface area contributed by atoms with Crippen molar-refractivity contribution in [1.82, 2.24) is 10.2 Å². The summed E-state index contributed by atoms with van der Waals surface area (Å²) in [5.74, 6) is -1.23. The van der Waals surface area contributed by atoms with Crippen molar-refractivity contribution in [3.05, 3.63) is 32.0 Å². The second kappa shape index (κ2) is 5.64. The van der Waals surface area contributed by atoms with E-state index in [1.807, 2.05) is 0 Å². The summed E-state index contributed by atoms with van der Waals surface area (Å²) in [6, 6.07) is 3.77. The molecule has 106 valence electrons. The summed E-state index contributed by atoms with van der Waals surface area (Å²) in [4.78, 5) is 10.5. The number of rotatable bonds is 4. The molecule has 2 aromatic heterocycles. The zero-order valence-electron chi connectivity index (χ0n) is 9.37. The Morgan fingerprint density at radius 3 is 2.60 bits per heavy atom. The van der Waals surface area contributed by atoms with Crippen LogP contribution in [0.2, 0.25) is 5.15 Å². The number of aromatic nitrogens is 2. The highest BCUT2D eigenvalue weighted by molar-refractivity contribution is 9.11. The third-order valence-corrected chi connectivity index (χ3v) is 5.82.